The van der Waals surface area contributed by atoms with Gasteiger partial charge in [-0.1, -0.05) is 0 Å². The van der Waals surface area contributed by atoms with Crippen LogP contribution in [0.25, 0.3) is 16.9 Å². The molecule has 2 atom stereocenters. The molecule has 242 valence electrons. The standard InChI is InChI=1S/C32H34F2N6O6/c1-18-14-21(37-28-29-36-15-24(40(29)13-10-35-28)19-2-5-22(6-3-19)46-32(33)34)4-7-23(18)31(45)38-11-8-20(9-12-38)30(44)39-16-25(41)27(43)26(42)17-39/h2-7,10,13-15,20,25-27,32,41-43H,8-9,11-12,16-17H2,1H3,(H,35,37). The topological polar surface area (TPSA) is 153 Å². The molecule has 2 amide bonds. The quantitative estimate of drug-likeness (QED) is 0.240. The number of carbonyl (C=O) groups is 2. The molecule has 2 fully saturated rings. The summed E-state index contributed by atoms with van der Waals surface area (Å²) in [7, 11) is 0. The number of likely N-dealkylation sites (tertiary alicyclic amines) is 2. The van der Waals surface area contributed by atoms with E-state index in [1.54, 1.807) is 47.8 Å². The molecule has 6 rings (SSSR count). The number of imidazole rings is 1. The lowest BCUT2D eigenvalue weighted by Crippen LogP contribution is -2.58. The maximum atomic E-state index is 13.4. The highest BCUT2D eigenvalue weighted by Crippen LogP contribution is 2.29. The zero-order chi connectivity index (χ0) is 32.5. The monoisotopic (exact) mass is 636 g/mol. The average molecular weight is 637 g/mol. The smallest absolute Gasteiger partial charge is 0.387 e. The van der Waals surface area contributed by atoms with Crippen LogP contribution in [0.1, 0.15) is 28.8 Å². The van der Waals surface area contributed by atoms with Gasteiger partial charge in [-0.05, 0) is 67.8 Å². The van der Waals surface area contributed by atoms with Crippen molar-refractivity contribution in [2.75, 3.05) is 31.5 Å². The molecule has 0 bridgehead atoms. The first-order valence-electron chi connectivity index (χ1n) is 15.0. The minimum atomic E-state index is -2.90. The van der Waals surface area contributed by atoms with Crippen molar-refractivity contribution < 1.29 is 38.4 Å². The minimum absolute atomic E-state index is 0.0310. The number of anilines is 2. The second kappa shape index (κ2) is 13.0. The molecule has 2 unspecified atom stereocenters. The predicted octanol–water partition coefficient (Wildman–Crippen LogP) is 2.83. The zero-order valence-electron chi connectivity index (χ0n) is 25.0. The van der Waals surface area contributed by atoms with Crippen LogP contribution in [0, 0.1) is 12.8 Å². The van der Waals surface area contributed by atoms with E-state index < -0.39 is 24.9 Å². The molecule has 2 aliphatic rings. The van der Waals surface area contributed by atoms with Gasteiger partial charge >= 0.3 is 6.61 Å². The van der Waals surface area contributed by atoms with Crippen LogP contribution in [-0.2, 0) is 4.79 Å². The van der Waals surface area contributed by atoms with E-state index in [0.29, 0.717) is 48.6 Å². The number of benzene rings is 2. The molecule has 46 heavy (non-hydrogen) atoms. The van der Waals surface area contributed by atoms with Crippen molar-refractivity contribution in [3.05, 3.63) is 72.2 Å². The van der Waals surface area contributed by atoms with E-state index in [1.165, 1.54) is 17.0 Å². The van der Waals surface area contributed by atoms with E-state index in [9.17, 15) is 33.7 Å². The van der Waals surface area contributed by atoms with Crippen LogP contribution in [-0.4, -0.2) is 102 Å². The third-order valence-electron chi connectivity index (χ3n) is 8.57. The van der Waals surface area contributed by atoms with Crippen LogP contribution in [0.2, 0.25) is 0 Å². The van der Waals surface area contributed by atoms with Gasteiger partial charge in [-0.15, -0.1) is 0 Å². The maximum absolute atomic E-state index is 13.4. The van der Waals surface area contributed by atoms with Gasteiger partial charge in [-0.2, -0.15) is 8.78 Å². The Hall–Kier alpha value is -4.66. The molecule has 2 saturated heterocycles. The highest BCUT2D eigenvalue weighted by molar-refractivity contribution is 5.96. The summed E-state index contributed by atoms with van der Waals surface area (Å²) in [6.45, 7) is -0.325. The van der Waals surface area contributed by atoms with Gasteiger partial charge in [0.25, 0.3) is 5.91 Å². The number of aliphatic hydroxyl groups is 3. The lowest BCUT2D eigenvalue weighted by molar-refractivity contribution is -0.154. The molecule has 0 spiro atoms. The molecule has 4 heterocycles. The normalized spacial score (nSPS) is 20.7. The van der Waals surface area contributed by atoms with Gasteiger partial charge in [0.1, 0.15) is 24.1 Å². The summed E-state index contributed by atoms with van der Waals surface area (Å²) in [5, 5.41) is 33.0. The van der Waals surface area contributed by atoms with E-state index in [1.807, 2.05) is 17.4 Å². The SMILES string of the molecule is Cc1cc(Nc2nccn3c(-c4ccc(OC(F)F)cc4)cnc23)ccc1C(=O)N1CCC(C(=O)N2CC(O)C(O)C(O)C2)CC1. The van der Waals surface area contributed by atoms with Crippen molar-refractivity contribution in [1.29, 1.82) is 0 Å². The Kier molecular flexibility index (Phi) is 8.84. The van der Waals surface area contributed by atoms with Crippen molar-refractivity contribution in [3.8, 4) is 17.0 Å². The van der Waals surface area contributed by atoms with Gasteiger partial charge in [0.05, 0.1) is 11.9 Å². The van der Waals surface area contributed by atoms with E-state index in [0.717, 1.165) is 16.8 Å². The van der Waals surface area contributed by atoms with Crippen molar-refractivity contribution >= 4 is 29.0 Å². The van der Waals surface area contributed by atoms with Gasteiger partial charge in [-0.3, -0.25) is 14.0 Å². The summed E-state index contributed by atoms with van der Waals surface area (Å²) >= 11 is 0. The summed E-state index contributed by atoms with van der Waals surface area (Å²) in [6.07, 6.45) is 2.29. The Morgan fingerprint density at radius 3 is 2.33 bits per heavy atom. The van der Waals surface area contributed by atoms with Crippen LogP contribution in [0.3, 0.4) is 0 Å². The largest absolute Gasteiger partial charge is 0.435 e. The van der Waals surface area contributed by atoms with E-state index in [4.69, 9.17) is 0 Å². The van der Waals surface area contributed by atoms with Gasteiger partial charge in [-0.25, -0.2) is 9.97 Å². The Balaban J connectivity index is 1.10. The number of fused-ring (bicyclic) bond motifs is 1. The third-order valence-corrected chi connectivity index (χ3v) is 8.57. The van der Waals surface area contributed by atoms with Crippen molar-refractivity contribution in [3.63, 3.8) is 0 Å². The number of hydrogen-bond donors (Lipinski definition) is 4. The summed E-state index contributed by atoms with van der Waals surface area (Å²) in [4.78, 5) is 38.5. The number of halogens is 2. The number of aliphatic hydroxyl groups excluding tert-OH is 3. The van der Waals surface area contributed by atoms with Crippen LogP contribution >= 0.6 is 0 Å². The first-order chi connectivity index (χ1) is 22.1. The maximum Gasteiger partial charge on any atom is 0.387 e. The lowest BCUT2D eigenvalue weighted by Gasteiger charge is -2.40. The van der Waals surface area contributed by atoms with Crippen LogP contribution in [0.15, 0.2) is 61.1 Å². The summed E-state index contributed by atoms with van der Waals surface area (Å²) in [6, 6.07) is 11.7. The molecular weight excluding hydrogens is 602 g/mol. The number of ether oxygens (including phenoxy) is 1. The molecule has 2 aromatic heterocycles. The minimum Gasteiger partial charge on any atom is -0.435 e. The predicted molar refractivity (Wildman–Crippen MR) is 163 cm³/mol. The summed E-state index contributed by atoms with van der Waals surface area (Å²) in [5.74, 6) is -0.102. The fraction of sp³-hybridized carbons (Fsp3) is 0.375. The Labute approximate surface area is 262 Å². The molecular formula is C32H34F2N6O6. The molecule has 0 aliphatic carbocycles. The number of nitrogens with zero attached hydrogens (tertiary/aromatic N) is 5. The molecule has 0 radical (unpaired) electrons. The first-order valence-corrected chi connectivity index (χ1v) is 15.0. The summed E-state index contributed by atoms with van der Waals surface area (Å²) in [5.41, 5.74) is 4.03. The Morgan fingerprint density at radius 1 is 0.978 bits per heavy atom. The number of amides is 2. The number of piperidine rings is 2. The van der Waals surface area contributed by atoms with Crippen LogP contribution in [0.5, 0.6) is 5.75 Å². The summed E-state index contributed by atoms with van der Waals surface area (Å²) < 4.78 is 31.3. The van der Waals surface area contributed by atoms with Crippen molar-refractivity contribution in [1.82, 2.24) is 24.2 Å². The van der Waals surface area contributed by atoms with Gasteiger partial charge in [0, 0.05) is 61.3 Å². The molecule has 2 aromatic carbocycles. The molecule has 2 aliphatic heterocycles. The number of aryl methyl sites for hydroxylation is 1. The van der Waals surface area contributed by atoms with Crippen LogP contribution < -0.4 is 10.1 Å². The fourth-order valence-electron chi connectivity index (χ4n) is 6.08. The number of β-amino-alcohol motifs (C(OH)–C–C–N with tert-alkyl or cyclic N) is 2. The molecule has 4 aromatic rings. The second-order valence-corrected chi connectivity index (χ2v) is 11.6. The molecule has 0 saturated carbocycles. The van der Waals surface area contributed by atoms with Crippen molar-refractivity contribution in [2.45, 2.75) is 44.7 Å². The highest BCUT2D eigenvalue weighted by atomic mass is 19.3. The fourth-order valence-corrected chi connectivity index (χ4v) is 6.08. The number of rotatable bonds is 7. The first kappa shape index (κ1) is 31.3. The number of carbonyl (C=O) groups excluding carboxylic acids is 2. The average Bonchev–Trinajstić information content (AvgIpc) is 3.48. The van der Waals surface area contributed by atoms with Crippen LogP contribution in [0.4, 0.5) is 20.3 Å². The number of alkyl halides is 2. The molecule has 14 heteroatoms. The number of nitrogens with one attached hydrogen (secondary N) is 1. The van der Waals surface area contributed by atoms with E-state index in [-0.39, 0.29) is 36.6 Å². The van der Waals surface area contributed by atoms with Gasteiger partial charge < -0.3 is 35.2 Å². The number of hydrogen-bond acceptors (Lipinski definition) is 9. The third kappa shape index (κ3) is 6.36. The van der Waals surface area contributed by atoms with Gasteiger partial charge in [0.15, 0.2) is 11.5 Å². The molecule has 4 N–H and O–H groups in total. The molecule has 12 nitrogen and oxygen atoms in total. The number of aromatic nitrogens is 3. The Morgan fingerprint density at radius 2 is 1.67 bits per heavy atom. The van der Waals surface area contributed by atoms with Crippen molar-refractivity contribution in [2.24, 2.45) is 5.92 Å². The highest BCUT2D eigenvalue weighted by Gasteiger charge is 2.38. The zero-order valence-corrected chi connectivity index (χ0v) is 25.0. The Bertz CT molecular complexity index is 1710. The lowest BCUT2D eigenvalue weighted by atomic mass is 9.92. The second-order valence-electron chi connectivity index (χ2n) is 11.6. The van der Waals surface area contributed by atoms with Gasteiger partial charge in [0.2, 0.25) is 5.91 Å². The van der Waals surface area contributed by atoms with E-state index in [2.05, 4.69) is 20.0 Å². The van der Waals surface area contributed by atoms with E-state index >= 15 is 0 Å².